The van der Waals surface area contributed by atoms with Gasteiger partial charge in [0.2, 0.25) is 5.95 Å². The summed E-state index contributed by atoms with van der Waals surface area (Å²) in [5.74, 6) is 0.426. The maximum Gasteiger partial charge on any atom is 0.263 e. The zero-order chi connectivity index (χ0) is 22.1. The molecule has 1 aromatic carbocycles. The van der Waals surface area contributed by atoms with Gasteiger partial charge in [-0.15, -0.1) is 0 Å². The lowest BCUT2D eigenvalue weighted by atomic mass is 10.2. The van der Waals surface area contributed by atoms with E-state index in [0.29, 0.717) is 21.7 Å². The highest BCUT2D eigenvalue weighted by Gasteiger charge is 2.21. The quantitative estimate of drug-likeness (QED) is 0.363. The molecule has 1 atom stereocenters. The lowest BCUT2D eigenvalue weighted by Crippen LogP contribution is -2.29. The molecule has 4 aromatic rings. The van der Waals surface area contributed by atoms with Gasteiger partial charge >= 0.3 is 0 Å². The number of nitrogens with zero attached hydrogens (tertiary/aromatic N) is 6. The Morgan fingerprint density at radius 3 is 2.84 bits per heavy atom. The van der Waals surface area contributed by atoms with Crippen molar-refractivity contribution in [3.8, 4) is 6.07 Å². The van der Waals surface area contributed by atoms with Crippen molar-refractivity contribution in [3.63, 3.8) is 0 Å². The number of anilines is 3. The molecule has 12 heteroatoms. The number of H-pyrrole nitrogens is 1. The molecule has 31 heavy (non-hydrogen) atoms. The molecule has 0 saturated heterocycles. The van der Waals surface area contributed by atoms with Crippen molar-refractivity contribution in [2.24, 2.45) is 0 Å². The van der Waals surface area contributed by atoms with Gasteiger partial charge in [0.1, 0.15) is 23.3 Å². The third-order valence-corrected chi connectivity index (χ3v) is 4.98. The van der Waals surface area contributed by atoms with Crippen LogP contribution in [0, 0.1) is 11.3 Å². The predicted octanol–water partition coefficient (Wildman–Crippen LogP) is 1.82. The average molecular weight is 437 g/mol. The van der Waals surface area contributed by atoms with E-state index in [4.69, 9.17) is 23.1 Å². The van der Waals surface area contributed by atoms with Gasteiger partial charge in [0.15, 0.2) is 5.82 Å². The molecule has 0 saturated carbocycles. The zero-order valence-corrected chi connectivity index (χ0v) is 17.1. The molecule has 0 spiro atoms. The smallest absolute Gasteiger partial charge is 0.263 e. The normalized spacial score (nSPS) is 11.9. The van der Waals surface area contributed by atoms with Crippen LogP contribution in [0.1, 0.15) is 29.9 Å². The minimum Gasteiger partial charge on any atom is -0.382 e. The first-order chi connectivity index (χ1) is 14.9. The number of nitrogens with one attached hydrogen (secondary N) is 2. The third kappa shape index (κ3) is 3.72. The van der Waals surface area contributed by atoms with Gasteiger partial charge in [-0.3, -0.25) is 14.5 Å². The number of nitrogen functional groups attached to an aromatic ring is 2. The van der Waals surface area contributed by atoms with Crippen molar-refractivity contribution in [1.82, 2.24) is 29.7 Å². The van der Waals surface area contributed by atoms with Gasteiger partial charge < -0.3 is 16.8 Å². The number of aromatic nitrogens is 6. The lowest BCUT2D eigenvalue weighted by molar-refractivity contribution is 0.639. The molecule has 3 aromatic heterocycles. The molecule has 0 amide bonds. The SMILES string of the molecule is CC(Nc1nc(N)nc(N)c1C#N)c1nc2cccc(Cl)c2c(=O)n1Cc1cn[nH]c1. The Kier molecular flexibility index (Phi) is 5.14. The molecule has 4 rings (SSSR count). The van der Waals surface area contributed by atoms with Crippen LogP contribution in [0.25, 0.3) is 10.9 Å². The molecule has 3 heterocycles. The molecule has 0 radical (unpaired) electrons. The van der Waals surface area contributed by atoms with Crippen LogP contribution in [0.2, 0.25) is 5.02 Å². The zero-order valence-electron chi connectivity index (χ0n) is 16.3. The van der Waals surface area contributed by atoms with Crippen molar-refractivity contribution in [3.05, 3.63) is 62.9 Å². The summed E-state index contributed by atoms with van der Waals surface area (Å²) in [6.45, 7) is 1.99. The predicted molar refractivity (Wildman–Crippen MR) is 116 cm³/mol. The van der Waals surface area contributed by atoms with Gasteiger partial charge in [0.05, 0.1) is 34.7 Å². The highest BCUT2D eigenvalue weighted by atomic mass is 35.5. The molecule has 0 aliphatic rings. The number of benzene rings is 1. The summed E-state index contributed by atoms with van der Waals surface area (Å²) in [6, 6.07) is 6.48. The molecule has 0 aliphatic carbocycles. The Morgan fingerprint density at radius 2 is 2.13 bits per heavy atom. The molecule has 11 nitrogen and oxygen atoms in total. The van der Waals surface area contributed by atoms with E-state index < -0.39 is 6.04 Å². The maximum atomic E-state index is 13.3. The summed E-state index contributed by atoms with van der Waals surface area (Å²) < 4.78 is 1.50. The van der Waals surface area contributed by atoms with Crippen molar-refractivity contribution >= 4 is 40.1 Å². The lowest BCUT2D eigenvalue weighted by Gasteiger charge is -2.20. The molecule has 0 aliphatic heterocycles. The van der Waals surface area contributed by atoms with Crippen LogP contribution in [0.4, 0.5) is 17.6 Å². The van der Waals surface area contributed by atoms with Crippen LogP contribution in [0.5, 0.6) is 0 Å². The minimum absolute atomic E-state index is 0.0428. The summed E-state index contributed by atoms with van der Waals surface area (Å²) >= 11 is 6.28. The van der Waals surface area contributed by atoms with E-state index >= 15 is 0 Å². The molecular formula is C19H17ClN10O. The van der Waals surface area contributed by atoms with Crippen LogP contribution in [0.3, 0.4) is 0 Å². The highest BCUT2D eigenvalue weighted by molar-refractivity contribution is 6.35. The van der Waals surface area contributed by atoms with Crippen LogP contribution < -0.4 is 22.3 Å². The second-order valence-corrected chi connectivity index (χ2v) is 7.18. The second-order valence-electron chi connectivity index (χ2n) is 6.77. The molecule has 1 unspecified atom stereocenters. The van der Waals surface area contributed by atoms with E-state index in [2.05, 4.69) is 30.5 Å². The first-order valence-corrected chi connectivity index (χ1v) is 9.53. The fraction of sp³-hybridized carbons (Fsp3) is 0.158. The maximum absolute atomic E-state index is 13.3. The molecule has 6 N–H and O–H groups in total. The van der Waals surface area contributed by atoms with Gasteiger partial charge in [-0.25, -0.2) is 4.98 Å². The number of nitrogens with two attached hydrogens (primary N) is 2. The molecular weight excluding hydrogens is 420 g/mol. The van der Waals surface area contributed by atoms with Crippen LogP contribution >= 0.6 is 11.6 Å². The van der Waals surface area contributed by atoms with Crippen molar-refractivity contribution in [1.29, 1.82) is 5.26 Å². The Morgan fingerprint density at radius 1 is 1.32 bits per heavy atom. The molecule has 0 fully saturated rings. The summed E-state index contributed by atoms with van der Waals surface area (Å²) in [6.07, 6.45) is 3.30. The van der Waals surface area contributed by atoms with E-state index in [-0.39, 0.29) is 35.3 Å². The van der Waals surface area contributed by atoms with Gasteiger partial charge in [0.25, 0.3) is 5.56 Å². The van der Waals surface area contributed by atoms with E-state index in [0.717, 1.165) is 5.56 Å². The number of fused-ring (bicyclic) bond motifs is 1. The van der Waals surface area contributed by atoms with Gasteiger partial charge in [0, 0.05) is 11.8 Å². The Labute approximate surface area is 180 Å². The Hall–Kier alpha value is -4.17. The number of hydrogen-bond acceptors (Lipinski definition) is 9. The van der Waals surface area contributed by atoms with E-state index in [9.17, 15) is 10.1 Å². The largest absolute Gasteiger partial charge is 0.382 e. The number of nitriles is 1. The fourth-order valence-electron chi connectivity index (χ4n) is 3.25. The number of halogens is 1. The van der Waals surface area contributed by atoms with E-state index in [1.54, 1.807) is 37.5 Å². The summed E-state index contributed by atoms with van der Waals surface area (Å²) in [7, 11) is 0. The highest BCUT2D eigenvalue weighted by Crippen LogP contribution is 2.25. The summed E-state index contributed by atoms with van der Waals surface area (Å²) in [5.41, 5.74) is 12.5. The number of hydrogen-bond donors (Lipinski definition) is 4. The standard InChI is InChI=1S/C19H17ClN10O/c1-9(26-16-11(5-21)15(22)28-19(23)29-16)17-27-13-4-2-3-12(20)14(13)18(31)30(17)8-10-6-24-25-7-10/h2-4,6-7,9H,8H2,1H3,(H,24,25)(H5,22,23,26,28,29). The second kappa shape index (κ2) is 7.92. The van der Waals surface area contributed by atoms with Crippen molar-refractivity contribution < 1.29 is 0 Å². The summed E-state index contributed by atoms with van der Waals surface area (Å²) in [5, 5.41) is 19.8. The van der Waals surface area contributed by atoms with Crippen LogP contribution in [-0.4, -0.2) is 29.7 Å². The Bertz CT molecular complexity index is 1370. The molecule has 0 bridgehead atoms. The Balaban J connectivity index is 1.86. The summed E-state index contributed by atoms with van der Waals surface area (Å²) in [4.78, 5) is 25.9. The van der Waals surface area contributed by atoms with Crippen molar-refractivity contribution in [2.45, 2.75) is 19.5 Å². The third-order valence-electron chi connectivity index (χ3n) is 4.66. The molecule has 156 valence electrons. The van der Waals surface area contributed by atoms with Gasteiger partial charge in [-0.1, -0.05) is 17.7 Å². The van der Waals surface area contributed by atoms with Gasteiger partial charge in [-0.05, 0) is 19.1 Å². The van der Waals surface area contributed by atoms with E-state index in [1.807, 2.05) is 6.07 Å². The first kappa shape index (κ1) is 20.1. The van der Waals surface area contributed by atoms with E-state index in [1.165, 1.54) is 4.57 Å². The van der Waals surface area contributed by atoms with Crippen LogP contribution in [0.15, 0.2) is 35.4 Å². The first-order valence-electron chi connectivity index (χ1n) is 9.15. The monoisotopic (exact) mass is 436 g/mol. The fourth-order valence-corrected chi connectivity index (χ4v) is 3.50. The minimum atomic E-state index is -0.552. The number of aromatic amines is 1. The average Bonchev–Trinajstić information content (AvgIpc) is 3.22. The number of rotatable bonds is 5. The topological polar surface area (TPSA) is 177 Å². The van der Waals surface area contributed by atoms with Crippen molar-refractivity contribution in [2.75, 3.05) is 16.8 Å². The van der Waals surface area contributed by atoms with Crippen LogP contribution in [-0.2, 0) is 6.54 Å². The van der Waals surface area contributed by atoms with Gasteiger partial charge in [-0.2, -0.15) is 20.3 Å².